The quantitative estimate of drug-likeness (QED) is 0.938. The first-order chi connectivity index (χ1) is 10.2. The fraction of sp³-hybridized carbons (Fsp3) is 0.286. The van der Waals surface area contributed by atoms with Gasteiger partial charge in [0.05, 0.1) is 11.9 Å². The zero-order valence-corrected chi connectivity index (χ0v) is 12.2. The molecule has 1 aromatic carbocycles. The van der Waals surface area contributed by atoms with E-state index in [9.17, 15) is 4.79 Å². The predicted molar refractivity (Wildman–Crippen MR) is 79.1 cm³/mol. The molecule has 6 nitrogen and oxygen atoms in total. The van der Waals surface area contributed by atoms with Crippen molar-refractivity contribution in [2.24, 2.45) is 0 Å². The van der Waals surface area contributed by atoms with Gasteiger partial charge in [-0.2, -0.15) is 5.10 Å². The second-order valence-corrected chi connectivity index (χ2v) is 4.91. The first-order valence-electron chi connectivity index (χ1n) is 6.57. The van der Waals surface area contributed by atoms with Crippen molar-refractivity contribution in [2.45, 2.75) is 20.0 Å². The Morgan fingerprint density at radius 1 is 1.38 bits per heavy atom. The first-order valence-corrected chi connectivity index (χ1v) is 6.95. The Kier molecular flexibility index (Phi) is 3.70. The number of aryl methyl sites for hydroxylation is 1. The molecule has 0 aliphatic carbocycles. The Labute approximate surface area is 126 Å². The van der Waals surface area contributed by atoms with Crippen LogP contribution in [0, 0.1) is 0 Å². The summed E-state index contributed by atoms with van der Waals surface area (Å²) in [6, 6.07) is 5.67. The number of rotatable bonds is 4. The Morgan fingerprint density at radius 2 is 2.19 bits per heavy atom. The van der Waals surface area contributed by atoms with Gasteiger partial charge in [0.15, 0.2) is 11.5 Å². The molecule has 0 radical (unpaired) electrons. The largest absolute Gasteiger partial charge is 0.454 e. The fourth-order valence-corrected chi connectivity index (χ4v) is 2.27. The smallest absolute Gasteiger partial charge is 0.287 e. The summed E-state index contributed by atoms with van der Waals surface area (Å²) < 4.78 is 11.9. The van der Waals surface area contributed by atoms with Crippen molar-refractivity contribution in [3.05, 3.63) is 45.3 Å². The Morgan fingerprint density at radius 3 is 3.00 bits per heavy atom. The van der Waals surface area contributed by atoms with E-state index < -0.39 is 0 Å². The number of hydrogen-bond donors (Lipinski definition) is 1. The molecule has 0 fully saturated rings. The number of ether oxygens (including phenoxy) is 2. The summed E-state index contributed by atoms with van der Waals surface area (Å²) >= 11 is 6.06. The second kappa shape index (κ2) is 5.65. The highest BCUT2D eigenvalue weighted by Gasteiger charge is 2.13. The van der Waals surface area contributed by atoms with Crippen LogP contribution in [0.1, 0.15) is 12.5 Å². The number of hydrogen-bond acceptors (Lipinski definition) is 5. The minimum absolute atomic E-state index is 0.146. The molecule has 1 N–H and O–H groups in total. The molecule has 2 aromatic rings. The molecule has 0 amide bonds. The summed E-state index contributed by atoms with van der Waals surface area (Å²) in [5.41, 5.74) is 1.22. The second-order valence-electron chi connectivity index (χ2n) is 4.53. The van der Waals surface area contributed by atoms with Gasteiger partial charge in [0.25, 0.3) is 5.56 Å². The molecule has 0 atom stereocenters. The highest BCUT2D eigenvalue weighted by molar-refractivity contribution is 6.32. The SMILES string of the molecule is CCn1ncc(NCc2ccc3c(c2)OCO3)c(Cl)c1=O. The first kappa shape index (κ1) is 13.8. The van der Waals surface area contributed by atoms with Gasteiger partial charge < -0.3 is 14.8 Å². The van der Waals surface area contributed by atoms with Gasteiger partial charge >= 0.3 is 0 Å². The molecule has 3 rings (SSSR count). The lowest BCUT2D eigenvalue weighted by Crippen LogP contribution is -2.23. The van der Waals surface area contributed by atoms with Crippen molar-refractivity contribution in [1.29, 1.82) is 0 Å². The molecular formula is C14H14ClN3O3. The van der Waals surface area contributed by atoms with Crippen LogP contribution < -0.4 is 20.3 Å². The van der Waals surface area contributed by atoms with Crippen LogP contribution in [0.5, 0.6) is 11.5 Å². The van der Waals surface area contributed by atoms with Crippen LogP contribution in [0.3, 0.4) is 0 Å². The van der Waals surface area contributed by atoms with Gasteiger partial charge in [-0.05, 0) is 24.6 Å². The summed E-state index contributed by atoms with van der Waals surface area (Å²) in [5, 5.41) is 7.29. The van der Waals surface area contributed by atoms with E-state index in [2.05, 4.69) is 10.4 Å². The van der Waals surface area contributed by atoms with Gasteiger partial charge in [0, 0.05) is 13.1 Å². The third kappa shape index (κ3) is 2.67. The molecule has 0 saturated heterocycles. The molecule has 2 heterocycles. The third-order valence-corrected chi connectivity index (χ3v) is 3.57. The minimum atomic E-state index is -0.296. The molecule has 21 heavy (non-hydrogen) atoms. The lowest BCUT2D eigenvalue weighted by Gasteiger charge is -2.09. The lowest BCUT2D eigenvalue weighted by atomic mass is 10.2. The van der Waals surface area contributed by atoms with Crippen molar-refractivity contribution in [3.8, 4) is 11.5 Å². The topological polar surface area (TPSA) is 65.4 Å². The van der Waals surface area contributed by atoms with Crippen LogP contribution in [-0.4, -0.2) is 16.6 Å². The molecule has 0 unspecified atom stereocenters. The highest BCUT2D eigenvalue weighted by Crippen LogP contribution is 2.32. The number of fused-ring (bicyclic) bond motifs is 1. The Bertz CT molecular complexity index is 730. The zero-order valence-electron chi connectivity index (χ0n) is 11.4. The van der Waals surface area contributed by atoms with Crippen molar-refractivity contribution >= 4 is 17.3 Å². The van der Waals surface area contributed by atoms with Gasteiger partial charge in [-0.3, -0.25) is 4.79 Å². The van der Waals surface area contributed by atoms with Crippen LogP contribution in [-0.2, 0) is 13.1 Å². The summed E-state index contributed by atoms with van der Waals surface area (Å²) in [6.07, 6.45) is 1.56. The van der Waals surface area contributed by atoms with Crippen molar-refractivity contribution in [2.75, 3.05) is 12.1 Å². The van der Waals surface area contributed by atoms with Gasteiger partial charge in [-0.15, -0.1) is 0 Å². The van der Waals surface area contributed by atoms with Crippen LogP contribution in [0.4, 0.5) is 5.69 Å². The van der Waals surface area contributed by atoms with Crippen LogP contribution in [0.2, 0.25) is 5.02 Å². The molecule has 110 valence electrons. The maximum absolute atomic E-state index is 11.9. The molecular weight excluding hydrogens is 294 g/mol. The van der Waals surface area contributed by atoms with Crippen LogP contribution in [0.25, 0.3) is 0 Å². The van der Waals surface area contributed by atoms with Gasteiger partial charge in [0.2, 0.25) is 6.79 Å². The fourth-order valence-electron chi connectivity index (χ4n) is 2.06. The molecule has 0 bridgehead atoms. The molecule has 0 spiro atoms. The maximum atomic E-state index is 11.9. The van der Waals surface area contributed by atoms with Crippen LogP contribution in [0.15, 0.2) is 29.2 Å². The Balaban J connectivity index is 1.76. The molecule has 1 aliphatic heterocycles. The number of aromatic nitrogens is 2. The molecule has 7 heteroatoms. The number of anilines is 1. The van der Waals surface area contributed by atoms with E-state index in [0.29, 0.717) is 18.8 Å². The van der Waals surface area contributed by atoms with E-state index in [0.717, 1.165) is 17.1 Å². The van der Waals surface area contributed by atoms with E-state index in [1.165, 1.54) is 4.68 Å². The predicted octanol–water partition coefficient (Wildman–Crippen LogP) is 2.26. The maximum Gasteiger partial charge on any atom is 0.287 e. The summed E-state index contributed by atoms with van der Waals surface area (Å²) in [7, 11) is 0. The lowest BCUT2D eigenvalue weighted by molar-refractivity contribution is 0.174. The van der Waals surface area contributed by atoms with Gasteiger partial charge in [0.1, 0.15) is 5.02 Å². The minimum Gasteiger partial charge on any atom is -0.454 e. The number of benzene rings is 1. The van der Waals surface area contributed by atoms with Gasteiger partial charge in [-0.1, -0.05) is 17.7 Å². The standard InChI is InChI=1S/C14H14ClN3O3/c1-2-18-14(19)13(15)10(7-17-18)16-6-9-3-4-11-12(5-9)21-8-20-11/h3-5,7,16H,2,6,8H2,1H3. The average Bonchev–Trinajstić information content (AvgIpc) is 2.96. The summed E-state index contributed by atoms with van der Waals surface area (Å²) in [6.45, 7) is 3.08. The monoisotopic (exact) mass is 307 g/mol. The Hall–Kier alpha value is -2.21. The van der Waals surface area contributed by atoms with E-state index in [4.69, 9.17) is 21.1 Å². The van der Waals surface area contributed by atoms with Crippen molar-refractivity contribution < 1.29 is 9.47 Å². The number of nitrogens with zero attached hydrogens (tertiary/aromatic N) is 2. The molecule has 1 aliphatic rings. The van der Waals surface area contributed by atoms with E-state index in [-0.39, 0.29) is 17.4 Å². The normalized spacial score (nSPS) is 12.5. The average molecular weight is 308 g/mol. The summed E-state index contributed by atoms with van der Waals surface area (Å²) in [5.74, 6) is 1.46. The van der Waals surface area contributed by atoms with E-state index >= 15 is 0 Å². The molecule has 1 aromatic heterocycles. The van der Waals surface area contributed by atoms with E-state index in [1.807, 2.05) is 25.1 Å². The number of halogens is 1. The zero-order chi connectivity index (χ0) is 14.8. The highest BCUT2D eigenvalue weighted by atomic mass is 35.5. The summed E-state index contributed by atoms with van der Waals surface area (Å²) in [4.78, 5) is 11.9. The van der Waals surface area contributed by atoms with Crippen molar-refractivity contribution in [3.63, 3.8) is 0 Å². The van der Waals surface area contributed by atoms with Crippen molar-refractivity contribution in [1.82, 2.24) is 9.78 Å². The number of nitrogens with one attached hydrogen (secondary N) is 1. The van der Waals surface area contributed by atoms with E-state index in [1.54, 1.807) is 6.20 Å². The van der Waals surface area contributed by atoms with Crippen LogP contribution >= 0.6 is 11.6 Å². The van der Waals surface area contributed by atoms with Gasteiger partial charge in [-0.25, -0.2) is 4.68 Å². The molecule has 0 saturated carbocycles. The third-order valence-electron chi connectivity index (χ3n) is 3.20.